The van der Waals surface area contributed by atoms with Crippen LogP contribution in [0.5, 0.6) is 0 Å². The summed E-state index contributed by atoms with van der Waals surface area (Å²) in [7, 11) is 1.34. The van der Waals surface area contributed by atoms with Crippen molar-refractivity contribution in [3.05, 3.63) is 47.8 Å². The molecule has 1 unspecified atom stereocenters. The van der Waals surface area contributed by atoms with Crippen molar-refractivity contribution in [1.82, 2.24) is 0 Å². The number of rotatable bonds is 4. The molecule has 1 aromatic rings. The lowest BCUT2D eigenvalue weighted by Crippen LogP contribution is -2.11. The number of hydrogen-bond donors (Lipinski definition) is 0. The topological polar surface area (TPSA) is 26.3 Å². The number of benzene rings is 1. The zero-order chi connectivity index (χ0) is 12.1. The molecule has 0 aliphatic carbocycles. The monoisotopic (exact) mass is 222 g/mol. The average molecular weight is 222 g/mol. The van der Waals surface area contributed by atoms with Crippen LogP contribution in [0.4, 0.5) is 4.39 Å². The summed E-state index contributed by atoms with van der Waals surface area (Å²) in [6, 6.07) is 4.65. The molecule has 2 nitrogen and oxygen atoms in total. The number of carbonyl (C=O) groups is 1. The molecular formula is C13H15FO2. The first-order valence-corrected chi connectivity index (χ1v) is 5.07. The van der Waals surface area contributed by atoms with Gasteiger partial charge in [0.2, 0.25) is 0 Å². The van der Waals surface area contributed by atoms with Crippen molar-refractivity contribution in [2.45, 2.75) is 19.3 Å². The fourth-order valence-corrected chi connectivity index (χ4v) is 1.49. The van der Waals surface area contributed by atoms with E-state index in [2.05, 4.69) is 11.3 Å². The molecule has 0 saturated carbocycles. The van der Waals surface area contributed by atoms with Crippen molar-refractivity contribution < 1.29 is 13.9 Å². The summed E-state index contributed by atoms with van der Waals surface area (Å²) < 4.78 is 18.0. The number of ether oxygens (including phenoxy) is 1. The molecule has 1 aromatic carbocycles. The zero-order valence-corrected chi connectivity index (χ0v) is 9.50. The molecule has 0 heterocycles. The molecule has 0 saturated heterocycles. The third kappa shape index (κ3) is 2.69. The van der Waals surface area contributed by atoms with Gasteiger partial charge in [-0.1, -0.05) is 18.2 Å². The van der Waals surface area contributed by atoms with Crippen LogP contribution >= 0.6 is 0 Å². The Morgan fingerprint density at radius 2 is 2.31 bits per heavy atom. The van der Waals surface area contributed by atoms with E-state index in [1.165, 1.54) is 13.2 Å². The second kappa shape index (κ2) is 5.45. The molecule has 16 heavy (non-hydrogen) atoms. The number of carbonyl (C=O) groups excluding carboxylic acids is 1. The summed E-state index contributed by atoms with van der Waals surface area (Å²) in [5, 5.41) is 0. The van der Waals surface area contributed by atoms with Crippen LogP contribution < -0.4 is 0 Å². The van der Waals surface area contributed by atoms with E-state index in [0.717, 1.165) is 5.56 Å². The van der Waals surface area contributed by atoms with Crippen LogP contribution in [0.2, 0.25) is 0 Å². The SMILES string of the molecule is C=CCc1cc(C(C)C(=O)OC)ccc1F. The Bertz CT molecular complexity index is 399. The number of esters is 1. The summed E-state index contributed by atoms with van der Waals surface area (Å²) in [4.78, 5) is 11.3. The minimum atomic E-state index is -0.380. The number of halogens is 1. The molecule has 0 N–H and O–H groups in total. The Morgan fingerprint density at radius 1 is 1.62 bits per heavy atom. The van der Waals surface area contributed by atoms with E-state index in [1.54, 1.807) is 25.1 Å². The van der Waals surface area contributed by atoms with Gasteiger partial charge in [0.1, 0.15) is 5.82 Å². The molecule has 0 amide bonds. The third-order valence-corrected chi connectivity index (χ3v) is 2.49. The van der Waals surface area contributed by atoms with Gasteiger partial charge in [-0.15, -0.1) is 6.58 Å². The fraction of sp³-hybridized carbons (Fsp3) is 0.308. The molecule has 1 rings (SSSR count). The number of hydrogen-bond acceptors (Lipinski definition) is 2. The Morgan fingerprint density at radius 3 is 2.88 bits per heavy atom. The average Bonchev–Trinajstić information content (AvgIpc) is 2.30. The second-order valence-electron chi connectivity index (χ2n) is 3.59. The molecular weight excluding hydrogens is 207 g/mol. The molecule has 0 spiro atoms. The number of methoxy groups -OCH3 is 1. The highest BCUT2D eigenvalue weighted by Crippen LogP contribution is 2.20. The summed E-state index contributed by atoms with van der Waals surface area (Å²) >= 11 is 0. The van der Waals surface area contributed by atoms with Crippen molar-refractivity contribution in [2.75, 3.05) is 7.11 Å². The van der Waals surface area contributed by atoms with Crippen molar-refractivity contribution in [1.29, 1.82) is 0 Å². The van der Waals surface area contributed by atoms with E-state index in [1.807, 2.05) is 0 Å². The van der Waals surface area contributed by atoms with E-state index in [4.69, 9.17) is 0 Å². The lowest BCUT2D eigenvalue weighted by Gasteiger charge is -2.11. The van der Waals surface area contributed by atoms with E-state index in [-0.39, 0.29) is 17.7 Å². The Hall–Kier alpha value is -1.64. The van der Waals surface area contributed by atoms with Crippen LogP contribution in [0.3, 0.4) is 0 Å². The summed E-state index contributed by atoms with van der Waals surface area (Å²) in [6.45, 7) is 5.30. The molecule has 0 aliphatic heterocycles. The molecule has 0 radical (unpaired) electrons. The minimum absolute atomic E-state index is 0.277. The summed E-state index contributed by atoms with van der Waals surface area (Å²) in [5.41, 5.74) is 1.30. The van der Waals surface area contributed by atoms with Gasteiger partial charge in [0, 0.05) is 0 Å². The fourth-order valence-electron chi connectivity index (χ4n) is 1.49. The van der Waals surface area contributed by atoms with E-state index in [0.29, 0.717) is 12.0 Å². The van der Waals surface area contributed by atoms with E-state index < -0.39 is 0 Å². The molecule has 86 valence electrons. The highest BCUT2D eigenvalue weighted by atomic mass is 19.1. The molecule has 3 heteroatoms. The first kappa shape index (κ1) is 12.4. The lowest BCUT2D eigenvalue weighted by molar-refractivity contribution is -0.141. The quantitative estimate of drug-likeness (QED) is 0.578. The molecule has 0 aliphatic rings. The third-order valence-electron chi connectivity index (χ3n) is 2.49. The van der Waals surface area contributed by atoms with Crippen LogP contribution in [-0.4, -0.2) is 13.1 Å². The van der Waals surface area contributed by atoms with Gasteiger partial charge in [-0.05, 0) is 30.5 Å². The largest absolute Gasteiger partial charge is 0.469 e. The molecule has 0 aromatic heterocycles. The van der Waals surface area contributed by atoms with E-state index >= 15 is 0 Å². The Labute approximate surface area is 94.7 Å². The zero-order valence-electron chi connectivity index (χ0n) is 9.50. The predicted octanol–water partition coefficient (Wildman–Crippen LogP) is 2.83. The van der Waals surface area contributed by atoms with Gasteiger partial charge < -0.3 is 4.74 Å². The van der Waals surface area contributed by atoms with Crippen LogP contribution in [-0.2, 0) is 16.0 Å². The normalized spacial score (nSPS) is 11.9. The standard InChI is InChI=1S/C13H15FO2/c1-4-5-11-8-10(6-7-12(11)14)9(2)13(15)16-3/h4,6-9H,1,5H2,2-3H3. The van der Waals surface area contributed by atoms with E-state index in [9.17, 15) is 9.18 Å². The van der Waals surface area contributed by atoms with Crippen LogP contribution in [0.1, 0.15) is 24.0 Å². The van der Waals surface area contributed by atoms with Crippen LogP contribution in [0.25, 0.3) is 0 Å². The highest BCUT2D eigenvalue weighted by molar-refractivity contribution is 5.77. The smallest absolute Gasteiger partial charge is 0.312 e. The first-order chi connectivity index (χ1) is 7.60. The van der Waals surface area contributed by atoms with Crippen molar-refractivity contribution in [3.63, 3.8) is 0 Å². The maximum atomic E-state index is 13.3. The predicted molar refractivity (Wildman–Crippen MR) is 60.7 cm³/mol. The highest BCUT2D eigenvalue weighted by Gasteiger charge is 2.16. The van der Waals surface area contributed by atoms with Crippen molar-refractivity contribution in [2.24, 2.45) is 0 Å². The van der Waals surface area contributed by atoms with Gasteiger partial charge in [-0.3, -0.25) is 4.79 Å². The van der Waals surface area contributed by atoms with Crippen LogP contribution in [0, 0.1) is 5.82 Å². The maximum Gasteiger partial charge on any atom is 0.312 e. The van der Waals surface area contributed by atoms with Crippen LogP contribution in [0.15, 0.2) is 30.9 Å². The van der Waals surface area contributed by atoms with Gasteiger partial charge >= 0.3 is 5.97 Å². The van der Waals surface area contributed by atoms with Gasteiger partial charge in [0.25, 0.3) is 0 Å². The maximum absolute atomic E-state index is 13.3. The first-order valence-electron chi connectivity index (χ1n) is 5.07. The molecule has 0 bridgehead atoms. The van der Waals surface area contributed by atoms with Gasteiger partial charge in [0.15, 0.2) is 0 Å². The second-order valence-corrected chi connectivity index (χ2v) is 3.59. The van der Waals surface area contributed by atoms with Crippen molar-refractivity contribution in [3.8, 4) is 0 Å². The number of allylic oxidation sites excluding steroid dienone is 1. The Kier molecular flexibility index (Phi) is 4.23. The molecule has 0 fully saturated rings. The Balaban J connectivity index is 3.02. The summed E-state index contributed by atoms with van der Waals surface area (Å²) in [5.74, 6) is -0.981. The lowest BCUT2D eigenvalue weighted by atomic mass is 9.98. The minimum Gasteiger partial charge on any atom is -0.469 e. The van der Waals surface area contributed by atoms with Gasteiger partial charge in [0.05, 0.1) is 13.0 Å². The molecule has 1 atom stereocenters. The van der Waals surface area contributed by atoms with Crippen molar-refractivity contribution >= 4 is 5.97 Å². The van der Waals surface area contributed by atoms with Gasteiger partial charge in [-0.25, -0.2) is 4.39 Å². The summed E-state index contributed by atoms with van der Waals surface area (Å²) in [6.07, 6.45) is 2.08. The van der Waals surface area contributed by atoms with Gasteiger partial charge in [-0.2, -0.15) is 0 Å².